The Bertz CT molecular complexity index is 596. The minimum absolute atomic E-state index is 0.0518. The van der Waals surface area contributed by atoms with Crippen LogP contribution in [0.15, 0.2) is 68.4 Å². The fourth-order valence-electron chi connectivity index (χ4n) is 2.22. The molecule has 0 aliphatic carbocycles. The van der Waals surface area contributed by atoms with Gasteiger partial charge in [-0.1, -0.05) is 0 Å². The van der Waals surface area contributed by atoms with Crippen LogP contribution in [0, 0.1) is 0 Å². The Morgan fingerprint density at radius 1 is 0.960 bits per heavy atom. The van der Waals surface area contributed by atoms with Gasteiger partial charge in [0.15, 0.2) is 0 Å². The van der Waals surface area contributed by atoms with E-state index in [0.29, 0.717) is 0 Å². The number of hydrogen-bond acceptors (Lipinski definition) is 1. The molecule has 0 fully saturated rings. The van der Waals surface area contributed by atoms with Gasteiger partial charge in [0.05, 0.1) is 0 Å². The first kappa shape index (κ1) is 21.0. The molecule has 134 valence electrons. The zero-order valence-electron chi connectivity index (χ0n) is 15.0. The van der Waals surface area contributed by atoms with Crippen LogP contribution in [0.5, 0.6) is 0 Å². The van der Waals surface area contributed by atoms with Crippen molar-refractivity contribution in [1.82, 2.24) is 0 Å². The zero-order valence-corrected chi connectivity index (χ0v) is 19.7. The monoisotopic (exact) mass is 568 g/mol. The molecule has 1 nitrogen and oxygen atoms in total. The molecule has 0 aliphatic heterocycles. The van der Waals surface area contributed by atoms with Crippen molar-refractivity contribution in [2.24, 2.45) is 0 Å². The first-order chi connectivity index (χ1) is 12.4. The van der Waals surface area contributed by atoms with Crippen LogP contribution in [0.1, 0.15) is 38.2 Å². The molecule has 3 heteroatoms. The van der Waals surface area contributed by atoms with Crippen molar-refractivity contribution in [3.8, 4) is 0 Å². The van der Waals surface area contributed by atoms with E-state index >= 15 is 0 Å². The molecule has 0 aliphatic rings. The van der Waals surface area contributed by atoms with Crippen LogP contribution in [0.4, 0.5) is 0 Å². The SMILES string of the molecule is CCCC[Te]/C(=C\CCCOCc1ccccc1)[Te]c1ccccc1. The Hall–Kier alpha value is -0.281. The first-order valence-electron chi connectivity index (χ1n) is 9.06. The predicted octanol–water partition coefficient (Wildman–Crippen LogP) is 4.78. The van der Waals surface area contributed by atoms with Crippen LogP contribution in [-0.4, -0.2) is 48.5 Å². The summed E-state index contributed by atoms with van der Waals surface area (Å²) in [7, 11) is 0. The Morgan fingerprint density at radius 2 is 1.68 bits per heavy atom. The summed E-state index contributed by atoms with van der Waals surface area (Å²) in [5.74, 6) is 0. The molecule has 2 aromatic rings. The maximum absolute atomic E-state index is 5.81. The molecule has 2 aromatic carbocycles. The summed E-state index contributed by atoms with van der Waals surface area (Å²) in [6, 6.07) is 21.6. The molecule has 0 spiro atoms. The van der Waals surface area contributed by atoms with Crippen LogP contribution in [-0.2, 0) is 11.3 Å². The standard InChI is InChI=1S/C22H28OTe2/c1-2-3-18-24-22(25-21-14-8-5-9-15-21)16-10-11-17-23-19-20-12-6-4-7-13-20/h4-9,12-16H,2-3,10-11,17-19H2,1H3/b22-16+. The Labute approximate surface area is 173 Å². The third kappa shape index (κ3) is 9.84. The van der Waals surface area contributed by atoms with Gasteiger partial charge in [0.2, 0.25) is 0 Å². The van der Waals surface area contributed by atoms with E-state index in [2.05, 4.69) is 67.6 Å². The molecule has 0 radical (unpaired) electrons. The molecule has 0 atom stereocenters. The molecule has 2 rings (SSSR count). The fraction of sp³-hybridized carbons (Fsp3) is 0.364. The molecule has 0 heterocycles. The molecule has 0 unspecified atom stereocenters. The summed E-state index contributed by atoms with van der Waals surface area (Å²) >= 11 is -0.0885. The van der Waals surface area contributed by atoms with Crippen molar-refractivity contribution in [1.29, 1.82) is 0 Å². The Balaban J connectivity index is 1.72. The molecule has 0 bridgehead atoms. The van der Waals surface area contributed by atoms with Gasteiger partial charge in [-0.2, -0.15) is 0 Å². The topological polar surface area (TPSA) is 9.23 Å². The first-order valence-corrected chi connectivity index (χ1v) is 14.2. The van der Waals surface area contributed by atoms with E-state index in [4.69, 9.17) is 4.74 Å². The van der Waals surface area contributed by atoms with Crippen molar-refractivity contribution >= 4 is 45.5 Å². The van der Waals surface area contributed by atoms with Crippen molar-refractivity contribution in [3.05, 3.63) is 74.0 Å². The second-order valence-electron chi connectivity index (χ2n) is 5.82. The number of allylic oxidation sites excluding steroid dienone is 1. The van der Waals surface area contributed by atoms with Crippen molar-refractivity contribution < 1.29 is 4.74 Å². The molecule has 0 amide bonds. The van der Waals surface area contributed by atoms with E-state index in [1.165, 1.54) is 29.3 Å². The van der Waals surface area contributed by atoms with Gasteiger partial charge in [-0.25, -0.2) is 0 Å². The van der Waals surface area contributed by atoms with E-state index < -0.39 is 0 Å². The van der Waals surface area contributed by atoms with Gasteiger partial charge in [-0.3, -0.25) is 0 Å². The van der Waals surface area contributed by atoms with E-state index in [-0.39, 0.29) is 41.8 Å². The number of unbranched alkanes of at least 4 members (excludes halogenated alkanes) is 2. The van der Waals surface area contributed by atoms with Gasteiger partial charge >= 0.3 is 174 Å². The number of hydrogen-bond donors (Lipinski definition) is 0. The van der Waals surface area contributed by atoms with Crippen LogP contribution in [0.25, 0.3) is 0 Å². The van der Waals surface area contributed by atoms with Gasteiger partial charge in [0.1, 0.15) is 0 Å². The van der Waals surface area contributed by atoms with Crippen LogP contribution >= 0.6 is 0 Å². The van der Waals surface area contributed by atoms with Gasteiger partial charge in [0, 0.05) is 0 Å². The number of rotatable bonds is 12. The molecule has 0 saturated heterocycles. The summed E-state index contributed by atoms with van der Waals surface area (Å²) in [5.41, 5.74) is 1.27. The third-order valence-corrected chi connectivity index (χ3v) is 12.7. The van der Waals surface area contributed by atoms with E-state index in [0.717, 1.165) is 19.6 Å². The summed E-state index contributed by atoms with van der Waals surface area (Å²) in [4.78, 5) is 0. The molecule has 25 heavy (non-hydrogen) atoms. The van der Waals surface area contributed by atoms with Crippen molar-refractivity contribution in [3.63, 3.8) is 0 Å². The fourth-order valence-corrected chi connectivity index (χ4v) is 11.5. The molecule has 0 saturated carbocycles. The summed E-state index contributed by atoms with van der Waals surface area (Å²) in [6.07, 6.45) is 7.62. The molecule has 0 aromatic heterocycles. The second kappa shape index (κ2) is 13.9. The average Bonchev–Trinajstić information content (AvgIpc) is 2.66. The Kier molecular flexibility index (Phi) is 11.7. The van der Waals surface area contributed by atoms with Gasteiger partial charge in [-0.15, -0.1) is 0 Å². The van der Waals surface area contributed by atoms with Gasteiger partial charge in [-0.05, 0) is 0 Å². The quantitative estimate of drug-likeness (QED) is 0.267. The third-order valence-electron chi connectivity index (χ3n) is 3.62. The average molecular weight is 564 g/mol. The van der Waals surface area contributed by atoms with Crippen molar-refractivity contribution in [2.45, 2.75) is 43.7 Å². The summed E-state index contributed by atoms with van der Waals surface area (Å²) in [5, 5.41) is 0. The normalized spacial score (nSPS) is 11.6. The molecule has 0 N–H and O–H groups in total. The zero-order chi connectivity index (χ0) is 17.6. The van der Waals surface area contributed by atoms with Crippen LogP contribution in [0.3, 0.4) is 0 Å². The van der Waals surface area contributed by atoms with E-state index in [9.17, 15) is 0 Å². The molecular weight excluding hydrogens is 535 g/mol. The van der Waals surface area contributed by atoms with Crippen LogP contribution < -0.4 is 3.61 Å². The molecular formula is C22H28OTe2. The van der Waals surface area contributed by atoms with Crippen LogP contribution in [0.2, 0.25) is 4.47 Å². The van der Waals surface area contributed by atoms with Gasteiger partial charge in [0.25, 0.3) is 0 Å². The maximum atomic E-state index is 5.81. The minimum atomic E-state index is -0.140. The van der Waals surface area contributed by atoms with E-state index in [1.807, 2.05) is 7.74 Å². The Morgan fingerprint density at radius 3 is 2.40 bits per heavy atom. The predicted molar refractivity (Wildman–Crippen MR) is 111 cm³/mol. The second-order valence-corrected chi connectivity index (χ2v) is 14.7. The van der Waals surface area contributed by atoms with Crippen molar-refractivity contribution in [2.75, 3.05) is 6.61 Å². The van der Waals surface area contributed by atoms with E-state index in [1.54, 1.807) is 3.61 Å². The summed E-state index contributed by atoms with van der Waals surface area (Å²) < 4.78 is 10.7. The summed E-state index contributed by atoms with van der Waals surface area (Å²) in [6.45, 7) is 3.90. The van der Waals surface area contributed by atoms with Gasteiger partial charge < -0.3 is 0 Å². The number of benzene rings is 2. The number of ether oxygens (including phenoxy) is 1.